The highest BCUT2D eigenvalue weighted by atomic mass is 15.3. The molecule has 0 radical (unpaired) electrons. The SMILES string of the molecule is CCCn1cc(C(C)NC)c(C)n1. The van der Waals surface area contributed by atoms with Crippen LogP contribution in [0.25, 0.3) is 0 Å². The summed E-state index contributed by atoms with van der Waals surface area (Å²) in [6, 6.07) is 0.394. The molecule has 0 aromatic carbocycles. The van der Waals surface area contributed by atoms with Crippen molar-refractivity contribution in [3.05, 3.63) is 17.5 Å². The average Bonchev–Trinajstić information content (AvgIpc) is 2.46. The van der Waals surface area contributed by atoms with Crippen LogP contribution >= 0.6 is 0 Å². The Hall–Kier alpha value is -0.830. The minimum atomic E-state index is 0.394. The van der Waals surface area contributed by atoms with Gasteiger partial charge in [0, 0.05) is 24.3 Å². The van der Waals surface area contributed by atoms with Crippen molar-refractivity contribution in [3.63, 3.8) is 0 Å². The first-order chi connectivity index (χ1) is 6.19. The fraction of sp³-hybridized carbons (Fsp3) is 0.700. The van der Waals surface area contributed by atoms with Crippen molar-refractivity contribution in [1.29, 1.82) is 0 Å². The topological polar surface area (TPSA) is 29.9 Å². The minimum absolute atomic E-state index is 0.394. The van der Waals surface area contributed by atoms with Crippen LogP contribution in [0.5, 0.6) is 0 Å². The zero-order chi connectivity index (χ0) is 9.84. The number of aromatic nitrogens is 2. The highest BCUT2D eigenvalue weighted by Crippen LogP contribution is 2.15. The van der Waals surface area contributed by atoms with E-state index in [1.165, 1.54) is 5.56 Å². The largest absolute Gasteiger partial charge is 0.313 e. The maximum absolute atomic E-state index is 4.45. The third kappa shape index (κ3) is 2.31. The van der Waals surface area contributed by atoms with E-state index in [-0.39, 0.29) is 0 Å². The molecule has 1 rings (SSSR count). The van der Waals surface area contributed by atoms with Gasteiger partial charge in [0.25, 0.3) is 0 Å². The fourth-order valence-electron chi connectivity index (χ4n) is 1.46. The molecule has 1 N–H and O–H groups in total. The first-order valence-corrected chi connectivity index (χ1v) is 4.90. The molecular formula is C10H19N3. The van der Waals surface area contributed by atoms with E-state index < -0.39 is 0 Å². The van der Waals surface area contributed by atoms with Gasteiger partial charge in [-0.3, -0.25) is 4.68 Å². The molecule has 0 aliphatic rings. The number of nitrogens with zero attached hydrogens (tertiary/aromatic N) is 2. The number of nitrogens with one attached hydrogen (secondary N) is 1. The van der Waals surface area contributed by atoms with Crippen molar-refractivity contribution in [2.24, 2.45) is 0 Å². The highest BCUT2D eigenvalue weighted by molar-refractivity contribution is 5.19. The van der Waals surface area contributed by atoms with Crippen molar-refractivity contribution in [3.8, 4) is 0 Å². The lowest BCUT2D eigenvalue weighted by molar-refractivity contribution is 0.596. The molecule has 0 aliphatic heterocycles. The van der Waals surface area contributed by atoms with Crippen LogP contribution in [0.1, 0.15) is 37.6 Å². The Kier molecular flexibility index (Phi) is 3.48. The molecule has 0 amide bonds. The zero-order valence-corrected chi connectivity index (χ0v) is 8.96. The third-order valence-corrected chi connectivity index (χ3v) is 2.34. The smallest absolute Gasteiger partial charge is 0.0641 e. The maximum Gasteiger partial charge on any atom is 0.0641 e. The molecule has 0 saturated carbocycles. The van der Waals surface area contributed by atoms with E-state index in [9.17, 15) is 0 Å². The minimum Gasteiger partial charge on any atom is -0.313 e. The second-order valence-corrected chi connectivity index (χ2v) is 3.44. The lowest BCUT2D eigenvalue weighted by atomic mass is 10.1. The molecule has 1 unspecified atom stereocenters. The van der Waals surface area contributed by atoms with Gasteiger partial charge in [0.1, 0.15) is 0 Å². The van der Waals surface area contributed by atoms with Crippen LogP contribution in [0.15, 0.2) is 6.20 Å². The van der Waals surface area contributed by atoms with Gasteiger partial charge >= 0.3 is 0 Å². The molecule has 0 saturated heterocycles. The third-order valence-electron chi connectivity index (χ3n) is 2.34. The zero-order valence-electron chi connectivity index (χ0n) is 8.96. The van der Waals surface area contributed by atoms with Crippen LogP contribution in [0.2, 0.25) is 0 Å². The first kappa shape index (κ1) is 10.3. The number of hydrogen-bond acceptors (Lipinski definition) is 2. The average molecular weight is 181 g/mol. The van der Waals surface area contributed by atoms with E-state index in [0.29, 0.717) is 6.04 Å². The number of hydrogen-bond donors (Lipinski definition) is 1. The Morgan fingerprint density at radius 1 is 1.62 bits per heavy atom. The predicted octanol–water partition coefficient (Wildman–Crippen LogP) is 1.88. The fourth-order valence-corrected chi connectivity index (χ4v) is 1.46. The Bertz CT molecular complexity index is 265. The molecule has 0 bridgehead atoms. The summed E-state index contributed by atoms with van der Waals surface area (Å²) in [4.78, 5) is 0. The van der Waals surface area contributed by atoms with Crippen molar-refractivity contribution < 1.29 is 0 Å². The molecule has 0 fully saturated rings. The highest BCUT2D eigenvalue weighted by Gasteiger charge is 2.09. The van der Waals surface area contributed by atoms with Crippen LogP contribution in [-0.2, 0) is 6.54 Å². The molecule has 3 heteroatoms. The summed E-state index contributed by atoms with van der Waals surface area (Å²) in [5, 5.41) is 7.67. The maximum atomic E-state index is 4.45. The van der Waals surface area contributed by atoms with Crippen LogP contribution in [0.4, 0.5) is 0 Å². The van der Waals surface area contributed by atoms with Crippen LogP contribution < -0.4 is 5.32 Å². The Balaban J connectivity index is 2.82. The van der Waals surface area contributed by atoms with E-state index in [1.54, 1.807) is 0 Å². The Morgan fingerprint density at radius 2 is 2.31 bits per heavy atom. The van der Waals surface area contributed by atoms with Gasteiger partial charge in [-0.25, -0.2) is 0 Å². The molecule has 13 heavy (non-hydrogen) atoms. The van der Waals surface area contributed by atoms with Gasteiger partial charge in [0.15, 0.2) is 0 Å². The van der Waals surface area contributed by atoms with Crippen LogP contribution in [-0.4, -0.2) is 16.8 Å². The predicted molar refractivity (Wildman–Crippen MR) is 54.7 cm³/mol. The van der Waals surface area contributed by atoms with Crippen molar-refractivity contribution in [2.45, 2.75) is 39.8 Å². The van der Waals surface area contributed by atoms with Crippen molar-refractivity contribution in [2.75, 3.05) is 7.05 Å². The van der Waals surface area contributed by atoms with E-state index in [0.717, 1.165) is 18.7 Å². The van der Waals surface area contributed by atoms with Gasteiger partial charge in [-0.15, -0.1) is 0 Å². The first-order valence-electron chi connectivity index (χ1n) is 4.90. The quantitative estimate of drug-likeness (QED) is 0.768. The lowest BCUT2D eigenvalue weighted by Gasteiger charge is -2.07. The van der Waals surface area contributed by atoms with Gasteiger partial charge in [-0.05, 0) is 27.3 Å². The summed E-state index contributed by atoms with van der Waals surface area (Å²) in [5.74, 6) is 0. The molecule has 1 heterocycles. The van der Waals surface area contributed by atoms with Gasteiger partial charge in [0.05, 0.1) is 5.69 Å². The number of aryl methyl sites for hydroxylation is 2. The van der Waals surface area contributed by atoms with Crippen molar-refractivity contribution >= 4 is 0 Å². The summed E-state index contributed by atoms with van der Waals surface area (Å²) in [7, 11) is 1.97. The molecule has 0 aliphatic carbocycles. The molecule has 3 nitrogen and oxygen atoms in total. The van der Waals surface area contributed by atoms with Gasteiger partial charge in [-0.1, -0.05) is 6.92 Å². The summed E-state index contributed by atoms with van der Waals surface area (Å²) >= 11 is 0. The summed E-state index contributed by atoms with van der Waals surface area (Å²) < 4.78 is 2.03. The second-order valence-electron chi connectivity index (χ2n) is 3.44. The van der Waals surface area contributed by atoms with Gasteiger partial charge in [-0.2, -0.15) is 5.10 Å². The van der Waals surface area contributed by atoms with E-state index in [1.807, 2.05) is 11.7 Å². The summed E-state index contributed by atoms with van der Waals surface area (Å²) in [5.41, 5.74) is 2.44. The molecule has 0 spiro atoms. The van der Waals surface area contributed by atoms with Gasteiger partial charge < -0.3 is 5.32 Å². The molecule has 1 aromatic heterocycles. The molecular weight excluding hydrogens is 162 g/mol. The molecule has 1 aromatic rings. The molecule has 1 atom stereocenters. The summed E-state index contributed by atoms with van der Waals surface area (Å²) in [6.45, 7) is 7.39. The Morgan fingerprint density at radius 3 is 2.85 bits per heavy atom. The van der Waals surface area contributed by atoms with Crippen molar-refractivity contribution in [1.82, 2.24) is 15.1 Å². The summed E-state index contributed by atoms with van der Waals surface area (Å²) in [6.07, 6.45) is 3.27. The van der Waals surface area contributed by atoms with Crippen LogP contribution in [0.3, 0.4) is 0 Å². The van der Waals surface area contributed by atoms with E-state index in [4.69, 9.17) is 0 Å². The van der Waals surface area contributed by atoms with Gasteiger partial charge in [0.2, 0.25) is 0 Å². The normalized spacial score (nSPS) is 13.2. The van der Waals surface area contributed by atoms with E-state index in [2.05, 4.69) is 37.4 Å². The lowest BCUT2D eigenvalue weighted by Crippen LogP contribution is -2.12. The number of rotatable bonds is 4. The monoisotopic (exact) mass is 181 g/mol. The van der Waals surface area contributed by atoms with Crippen LogP contribution in [0, 0.1) is 6.92 Å². The van der Waals surface area contributed by atoms with E-state index >= 15 is 0 Å². The standard InChI is InChI=1S/C10H19N3/c1-5-6-13-7-10(8(2)11-4)9(3)12-13/h7-8,11H,5-6H2,1-4H3. The molecule has 74 valence electrons. The Labute approximate surface area is 80.1 Å². The second kappa shape index (κ2) is 4.42.